The summed E-state index contributed by atoms with van der Waals surface area (Å²) in [5.74, 6) is -0.946. The Kier molecular flexibility index (Phi) is 2.91. The molecule has 0 amide bonds. The molecule has 1 saturated carbocycles. The van der Waals surface area contributed by atoms with Gasteiger partial charge in [0.2, 0.25) is 0 Å². The van der Waals surface area contributed by atoms with Crippen LogP contribution in [0.3, 0.4) is 0 Å². The molecule has 0 spiro atoms. The molecule has 1 heterocycles. The third-order valence-electron chi connectivity index (χ3n) is 3.07. The fourth-order valence-corrected chi connectivity index (χ4v) is 2.36. The van der Waals surface area contributed by atoms with Gasteiger partial charge in [-0.3, -0.25) is 4.79 Å². The standard InChI is InChI=1S/C11H8Cl2N4O2/c12-5-1-2-8(13)9(3-5)17-10(14-15-16-17)6-4-7(6)11(18)19/h1-3,6-7H,4H2,(H,18,19). The van der Waals surface area contributed by atoms with Crippen molar-refractivity contribution in [1.29, 1.82) is 0 Å². The van der Waals surface area contributed by atoms with Gasteiger partial charge >= 0.3 is 5.97 Å². The van der Waals surface area contributed by atoms with E-state index in [9.17, 15) is 4.79 Å². The topological polar surface area (TPSA) is 80.9 Å². The van der Waals surface area contributed by atoms with E-state index in [2.05, 4.69) is 15.5 Å². The number of hydrogen-bond acceptors (Lipinski definition) is 4. The molecule has 1 aromatic carbocycles. The molecule has 8 heteroatoms. The molecule has 0 radical (unpaired) electrons. The molecule has 2 atom stereocenters. The summed E-state index contributed by atoms with van der Waals surface area (Å²) < 4.78 is 1.45. The molecule has 1 aliphatic rings. The fraction of sp³-hybridized carbons (Fsp3) is 0.273. The molecule has 0 bridgehead atoms. The Morgan fingerprint density at radius 3 is 2.89 bits per heavy atom. The molecule has 1 aromatic heterocycles. The van der Waals surface area contributed by atoms with Gasteiger partial charge in [-0.15, -0.1) is 5.10 Å². The number of tetrazole rings is 1. The molecule has 19 heavy (non-hydrogen) atoms. The van der Waals surface area contributed by atoms with E-state index in [1.54, 1.807) is 18.2 Å². The molecular formula is C11H8Cl2N4O2. The van der Waals surface area contributed by atoms with Crippen molar-refractivity contribution in [2.75, 3.05) is 0 Å². The van der Waals surface area contributed by atoms with Crippen LogP contribution >= 0.6 is 23.2 Å². The lowest BCUT2D eigenvalue weighted by Crippen LogP contribution is -2.06. The molecule has 98 valence electrons. The maximum atomic E-state index is 10.9. The van der Waals surface area contributed by atoms with Gasteiger partial charge in [0.15, 0.2) is 5.82 Å². The summed E-state index contributed by atoms with van der Waals surface area (Å²) in [5, 5.41) is 21.3. The summed E-state index contributed by atoms with van der Waals surface area (Å²) in [6.07, 6.45) is 0.536. The van der Waals surface area contributed by atoms with E-state index in [-0.39, 0.29) is 5.92 Å². The van der Waals surface area contributed by atoms with Crippen molar-refractivity contribution < 1.29 is 9.90 Å². The Morgan fingerprint density at radius 2 is 2.21 bits per heavy atom. The number of rotatable bonds is 3. The molecular weight excluding hydrogens is 291 g/mol. The number of halogens is 2. The molecule has 2 aromatic rings. The van der Waals surface area contributed by atoms with Crippen LogP contribution in [0.1, 0.15) is 18.2 Å². The number of carboxylic acids is 1. The van der Waals surface area contributed by atoms with Crippen molar-refractivity contribution >= 4 is 29.2 Å². The zero-order valence-corrected chi connectivity index (χ0v) is 11.0. The first kappa shape index (κ1) is 12.4. The normalized spacial score (nSPS) is 21.4. The van der Waals surface area contributed by atoms with E-state index in [4.69, 9.17) is 28.3 Å². The first-order valence-electron chi connectivity index (χ1n) is 5.54. The van der Waals surface area contributed by atoms with Crippen molar-refractivity contribution in [3.63, 3.8) is 0 Å². The maximum Gasteiger partial charge on any atom is 0.307 e. The number of benzene rings is 1. The van der Waals surface area contributed by atoms with Crippen LogP contribution in [0.25, 0.3) is 5.69 Å². The minimum Gasteiger partial charge on any atom is -0.481 e. The van der Waals surface area contributed by atoms with E-state index in [1.807, 2.05) is 0 Å². The predicted molar refractivity (Wildman–Crippen MR) is 67.7 cm³/mol. The van der Waals surface area contributed by atoms with Gasteiger partial charge in [-0.2, -0.15) is 4.68 Å². The van der Waals surface area contributed by atoms with Gasteiger partial charge < -0.3 is 5.11 Å². The van der Waals surface area contributed by atoms with E-state index in [0.29, 0.717) is 28.0 Å². The van der Waals surface area contributed by atoms with E-state index in [1.165, 1.54) is 4.68 Å². The number of aromatic nitrogens is 4. The molecule has 6 nitrogen and oxygen atoms in total. The van der Waals surface area contributed by atoms with Crippen molar-refractivity contribution in [3.05, 3.63) is 34.1 Å². The van der Waals surface area contributed by atoms with Crippen LogP contribution in [-0.2, 0) is 4.79 Å². The fourth-order valence-electron chi connectivity index (χ4n) is 2.00. The van der Waals surface area contributed by atoms with Crippen molar-refractivity contribution in [2.45, 2.75) is 12.3 Å². The van der Waals surface area contributed by atoms with Crippen LogP contribution < -0.4 is 0 Å². The Morgan fingerprint density at radius 1 is 1.42 bits per heavy atom. The SMILES string of the molecule is O=C(O)C1CC1c1nnnn1-c1cc(Cl)ccc1Cl. The molecule has 3 rings (SSSR count). The number of hydrogen-bond donors (Lipinski definition) is 1. The van der Waals surface area contributed by atoms with Gasteiger partial charge in [0, 0.05) is 10.9 Å². The highest BCUT2D eigenvalue weighted by atomic mass is 35.5. The average Bonchev–Trinajstić information content (AvgIpc) is 3.03. The van der Waals surface area contributed by atoms with Gasteiger partial charge in [0.25, 0.3) is 0 Å². The first-order valence-corrected chi connectivity index (χ1v) is 6.30. The monoisotopic (exact) mass is 298 g/mol. The molecule has 0 aliphatic heterocycles. The number of nitrogens with zero attached hydrogens (tertiary/aromatic N) is 4. The number of carboxylic acid groups (broad SMARTS) is 1. The third kappa shape index (κ3) is 2.17. The Hall–Kier alpha value is -1.66. The van der Waals surface area contributed by atoms with Gasteiger partial charge in [-0.1, -0.05) is 23.2 Å². The average molecular weight is 299 g/mol. The minimum atomic E-state index is -0.836. The van der Waals surface area contributed by atoms with Crippen molar-refractivity contribution in [3.8, 4) is 5.69 Å². The Labute approximate surface area is 117 Å². The van der Waals surface area contributed by atoms with E-state index >= 15 is 0 Å². The molecule has 0 saturated heterocycles. The highest BCUT2D eigenvalue weighted by Crippen LogP contribution is 2.47. The third-order valence-corrected chi connectivity index (χ3v) is 3.62. The Balaban J connectivity index is 2.01. The molecule has 1 N–H and O–H groups in total. The summed E-state index contributed by atoms with van der Waals surface area (Å²) in [7, 11) is 0. The molecule has 1 fully saturated rings. The van der Waals surface area contributed by atoms with Crippen molar-refractivity contribution in [1.82, 2.24) is 20.2 Å². The predicted octanol–water partition coefficient (Wildman–Crippen LogP) is 2.16. The maximum absolute atomic E-state index is 10.9. The van der Waals surface area contributed by atoms with Gasteiger partial charge in [-0.25, -0.2) is 0 Å². The van der Waals surface area contributed by atoms with E-state index < -0.39 is 11.9 Å². The molecule has 1 aliphatic carbocycles. The summed E-state index contributed by atoms with van der Waals surface area (Å²) in [6.45, 7) is 0. The quantitative estimate of drug-likeness (QED) is 0.939. The van der Waals surface area contributed by atoms with E-state index in [0.717, 1.165) is 0 Å². The second-order valence-electron chi connectivity index (χ2n) is 4.33. The van der Waals surface area contributed by atoms with Gasteiger partial charge in [-0.05, 0) is 35.0 Å². The summed E-state index contributed by atoms with van der Waals surface area (Å²) >= 11 is 12.0. The lowest BCUT2D eigenvalue weighted by atomic mass is 10.2. The largest absolute Gasteiger partial charge is 0.481 e. The van der Waals surface area contributed by atoms with Crippen LogP contribution in [0.15, 0.2) is 18.2 Å². The number of carbonyl (C=O) groups is 1. The molecule has 2 unspecified atom stereocenters. The highest BCUT2D eigenvalue weighted by Gasteiger charge is 2.47. The first-order chi connectivity index (χ1) is 9.08. The van der Waals surface area contributed by atoms with Crippen LogP contribution in [-0.4, -0.2) is 31.3 Å². The van der Waals surface area contributed by atoms with Crippen LogP contribution in [0, 0.1) is 5.92 Å². The zero-order valence-electron chi connectivity index (χ0n) is 9.49. The number of aliphatic carboxylic acids is 1. The van der Waals surface area contributed by atoms with Crippen LogP contribution in [0.2, 0.25) is 10.0 Å². The lowest BCUT2D eigenvalue weighted by Gasteiger charge is -2.06. The second-order valence-corrected chi connectivity index (χ2v) is 5.18. The van der Waals surface area contributed by atoms with Crippen LogP contribution in [0.4, 0.5) is 0 Å². The van der Waals surface area contributed by atoms with Crippen LogP contribution in [0.5, 0.6) is 0 Å². The smallest absolute Gasteiger partial charge is 0.307 e. The lowest BCUT2D eigenvalue weighted by molar-refractivity contribution is -0.138. The van der Waals surface area contributed by atoms with Gasteiger partial charge in [0.1, 0.15) is 0 Å². The zero-order chi connectivity index (χ0) is 13.6. The summed E-state index contributed by atoms with van der Waals surface area (Å²) in [4.78, 5) is 10.9. The van der Waals surface area contributed by atoms with Crippen molar-refractivity contribution in [2.24, 2.45) is 5.92 Å². The Bertz CT molecular complexity index is 658. The summed E-state index contributed by atoms with van der Waals surface area (Å²) in [5.41, 5.74) is 0.546. The highest BCUT2D eigenvalue weighted by molar-refractivity contribution is 6.34. The van der Waals surface area contributed by atoms with Gasteiger partial charge in [0.05, 0.1) is 16.6 Å². The minimum absolute atomic E-state index is 0.178. The second kappa shape index (κ2) is 4.47. The summed E-state index contributed by atoms with van der Waals surface area (Å²) in [6, 6.07) is 4.95.